The van der Waals surface area contributed by atoms with Gasteiger partial charge in [0.25, 0.3) is 0 Å². The van der Waals surface area contributed by atoms with Crippen LogP contribution in [0.15, 0.2) is 12.5 Å². The normalized spacial score (nSPS) is 10.3. The van der Waals surface area contributed by atoms with E-state index in [4.69, 9.17) is 9.84 Å². The number of halogens is 1. The largest absolute Gasteiger partial charge is 0.394 e. The van der Waals surface area contributed by atoms with Crippen molar-refractivity contribution in [3.8, 4) is 0 Å². The Morgan fingerprint density at radius 2 is 2.33 bits per heavy atom. The van der Waals surface area contributed by atoms with E-state index < -0.39 is 0 Å². The topological polar surface area (TPSA) is 67.3 Å². The van der Waals surface area contributed by atoms with Gasteiger partial charge in [-0.1, -0.05) is 0 Å². The number of hydrogen-bond donors (Lipinski definition) is 2. The van der Waals surface area contributed by atoms with Gasteiger partial charge in [-0.25, -0.2) is 9.97 Å². The lowest BCUT2D eigenvalue weighted by atomic mass is 10.4. The van der Waals surface area contributed by atoms with E-state index in [0.29, 0.717) is 13.2 Å². The molecule has 0 saturated carbocycles. The molecule has 6 heteroatoms. The zero-order chi connectivity index (χ0) is 10.9. The first-order valence-corrected chi connectivity index (χ1v) is 5.80. The van der Waals surface area contributed by atoms with E-state index in [1.165, 1.54) is 6.33 Å². The van der Waals surface area contributed by atoms with Gasteiger partial charge in [0.1, 0.15) is 12.1 Å². The minimum absolute atomic E-state index is 0.0806. The monoisotopic (exact) mass is 323 g/mol. The van der Waals surface area contributed by atoms with Crippen LogP contribution in [0.5, 0.6) is 0 Å². The highest BCUT2D eigenvalue weighted by Gasteiger charge is 1.98. The second kappa shape index (κ2) is 7.77. The summed E-state index contributed by atoms with van der Waals surface area (Å²) in [5.41, 5.74) is 0. The first-order valence-electron chi connectivity index (χ1n) is 4.72. The second-order valence-corrected chi connectivity index (χ2v) is 4.00. The Balaban J connectivity index is 2.12. The number of aliphatic hydroxyl groups is 1. The van der Waals surface area contributed by atoms with Crippen LogP contribution in [0.1, 0.15) is 6.42 Å². The average Bonchev–Trinajstić information content (AvgIpc) is 2.25. The van der Waals surface area contributed by atoms with Gasteiger partial charge >= 0.3 is 0 Å². The third kappa shape index (κ3) is 5.24. The molecule has 0 aliphatic carbocycles. The van der Waals surface area contributed by atoms with Crippen LogP contribution < -0.4 is 5.32 Å². The van der Waals surface area contributed by atoms with Crippen molar-refractivity contribution < 1.29 is 9.84 Å². The van der Waals surface area contributed by atoms with E-state index in [0.717, 1.165) is 22.4 Å². The van der Waals surface area contributed by atoms with E-state index in [9.17, 15) is 0 Å². The standard InChI is InChI=1S/C9H14IN3O2/c10-8-6-11-7-13-9(8)12-2-1-4-15-5-3-14/h6-7,14H,1-5H2,(H,11,12,13). The van der Waals surface area contributed by atoms with Gasteiger partial charge in [0.2, 0.25) is 0 Å². The van der Waals surface area contributed by atoms with Crippen molar-refractivity contribution >= 4 is 28.4 Å². The molecule has 0 aliphatic heterocycles. The summed E-state index contributed by atoms with van der Waals surface area (Å²) in [7, 11) is 0. The molecular weight excluding hydrogens is 309 g/mol. The van der Waals surface area contributed by atoms with Crippen LogP contribution in [0.25, 0.3) is 0 Å². The smallest absolute Gasteiger partial charge is 0.142 e. The molecule has 15 heavy (non-hydrogen) atoms. The zero-order valence-corrected chi connectivity index (χ0v) is 10.5. The minimum Gasteiger partial charge on any atom is -0.394 e. The molecule has 2 N–H and O–H groups in total. The Morgan fingerprint density at radius 1 is 1.47 bits per heavy atom. The summed E-state index contributed by atoms with van der Waals surface area (Å²) in [6, 6.07) is 0. The zero-order valence-electron chi connectivity index (χ0n) is 8.32. The van der Waals surface area contributed by atoms with Crippen LogP contribution in [0, 0.1) is 3.57 Å². The van der Waals surface area contributed by atoms with Crippen LogP contribution in [0.2, 0.25) is 0 Å². The molecule has 1 heterocycles. The molecule has 5 nitrogen and oxygen atoms in total. The fourth-order valence-corrected chi connectivity index (χ4v) is 1.48. The molecule has 0 aromatic carbocycles. The van der Waals surface area contributed by atoms with Crippen molar-refractivity contribution in [2.45, 2.75) is 6.42 Å². The highest BCUT2D eigenvalue weighted by atomic mass is 127. The van der Waals surface area contributed by atoms with Crippen molar-refractivity contribution in [3.63, 3.8) is 0 Å². The molecule has 0 bridgehead atoms. The molecule has 1 aromatic heterocycles. The van der Waals surface area contributed by atoms with Crippen molar-refractivity contribution in [1.29, 1.82) is 0 Å². The Morgan fingerprint density at radius 3 is 3.07 bits per heavy atom. The number of anilines is 1. The van der Waals surface area contributed by atoms with Crippen LogP contribution in [0.3, 0.4) is 0 Å². The van der Waals surface area contributed by atoms with Crippen LogP contribution in [-0.2, 0) is 4.74 Å². The van der Waals surface area contributed by atoms with E-state index in [-0.39, 0.29) is 6.61 Å². The third-order valence-corrected chi connectivity index (χ3v) is 2.45. The molecule has 0 aliphatic rings. The summed E-state index contributed by atoms with van der Waals surface area (Å²) in [6.45, 7) is 1.94. The Kier molecular flexibility index (Phi) is 6.53. The van der Waals surface area contributed by atoms with Gasteiger partial charge in [-0.2, -0.15) is 0 Å². The Hall–Kier alpha value is -0.470. The van der Waals surface area contributed by atoms with Crippen LogP contribution in [-0.4, -0.2) is 41.4 Å². The van der Waals surface area contributed by atoms with Gasteiger partial charge in [-0.3, -0.25) is 0 Å². The predicted octanol–water partition coefficient (Wildman–Crippen LogP) is 0.892. The molecule has 0 radical (unpaired) electrons. The number of rotatable bonds is 7. The van der Waals surface area contributed by atoms with Crippen LogP contribution in [0.4, 0.5) is 5.82 Å². The summed E-state index contributed by atoms with van der Waals surface area (Å²) in [4.78, 5) is 8.00. The number of nitrogens with one attached hydrogen (secondary N) is 1. The number of nitrogens with zero attached hydrogens (tertiary/aromatic N) is 2. The van der Waals surface area contributed by atoms with E-state index in [1.807, 2.05) is 0 Å². The number of aromatic nitrogens is 2. The minimum atomic E-state index is 0.0806. The molecule has 0 atom stereocenters. The van der Waals surface area contributed by atoms with Crippen LogP contribution >= 0.6 is 22.6 Å². The maximum Gasteiger partial charge on any atom is 0.142 e. The van der Waals surface area contributed by atoms with E-state index in [1.54, 1.807) is 6.20 Å². The van der Waals surface area contributed by atoms with Crippen molar-refractivity contribution in [2.75, 3.05) is 31.7 Å². The SMILES string of the molecule is OCCOCCCNc1ncncc1I. The molecule has 1 rings (SSSR count). The molecule has 0 unspecified atom stereocenters. The number of aliphatic hydroxyl groups excluding tert-OH is 1. The van der Waals surface area contributed by atoms with Gasteiger partial charge in [0.15, 0.2) is 0 Å². The highest BCUT2D eigenvalue weighted by Crippen LogP contribution is 2.11. The third-order valence-electron chi connectivity index (χ3n) is 1.66. The fourth-order valence-electron chi connectivity index (χ4n) is 0.990. The van der Waals surface area contributed by atoms with Crippen molar-refractivity contribution in [2.24, 2.45) is 0 Å². The maximum absolute atomic E-state index is 8.48. The Labute approximate surface area is 102 Å². The van der Waals surface area contributed by atoms with Gasteiger partial charge in [0.05, 0.1) is 16.8 Å². The van der Waals surface area contributed by atoms with Crippen molar-refractivity contribution in [3.05, 3.63) is 16.1 Å². The fraction of sp³-hybridized carbons (Fsp3) is 0.556. The molecule has 84 valence electrons. The second-order valence-electron chi connectivity index (χ2n) is 2.84. The summed E-state index contributed by atoms with van der Waals surface area (Å²) in [6.07, 6.45) is 4.17. The summed E-state index contributed by atoms with van der Waals surface area (Å²) in [5.74, 6) is 0.854. The lowest BCUT2D eigenvalue weighted by Gasteiger charge is -2.06. The van der Waals surface area contributed by atoms with Gasteiger partial charge in [-0.05, 0) is 29.0 Å². The van der Waals surface area contributed by atoms with E-state index in [2.05, 4.69) is 37.9 Å². The molecule has 1 aromatic rings. The lowest BCUT2D eigenvalue weighted by molar-refractivity contribution is 0.0922. The first-order chi connectivity index (χ1) is 7.34. The quantitative estimate of drug-likeness (QED) is 0.576. The molecule has 0 fully saturated rings. The summed E-state index contributed by atoms with van der Waals surface area (Å²) < 4.78 is 6.13. The van der Waals surface area contributed by atoms with E-state index >= 15 is 0 Å². The van der Waals surface area contributed by atoms with Gasteiger partial charge in [0, 0.05) is 19.3 Å². The van der Waals surface area contributed by atoms with Gasteiger partial charge in [-0.15, -0.1) is 0 Å². The molecule has 0 saturated heterocycles. The molecular formula is C9H14IN3O2. The average molecular weight is 323 g/mol. The van der Waals surface area contributed by atoms with Crippen molar-refractivity contribution in [1.82, 2.24) is 9.97 Å². The molecule has 0 spiro atoms. The maximum atomic E-state index is 8.48. The molecule has 0 amide bonds. The number of hydrogen-bond acceptors (Lipinski definition) is 5. The number of ether oxygens (including phenoxy) is 1. The highest BCUT2D eigenvalue weighted by molar-refractivity contribution is 14.1. The Bertz CT molecular complexity index is 286. The lowest BCUT2D eigenvalue weighted by Crippen LogP contribution is -2.09. The first kappa shape index (κ1) is 12.6. The predicted molar refractivity (Wildman–Crippen MR) is 65.8 cm³/mol. The van der Waals surface area contributed by atoms with Gasteiger partial charge < -0.3 is 15.2 Å². The summed E-state index contributed by atoms with van der Waals surface area (Å²) >= 11 is 2.18. The summed E-state index contributed by atoms with van der Waals surface area (Å²) in [5, 5.41) is 11.7.